The first-order valence-corrected chi connectivity index (χ1v) is 10.5. The summed E-state index contributed by atoms with van der Waals surface area (Å²) in [6.45, 7) is 7.10. The van der Waals surface area contributed by atoms with Crippen molar-refractivity contribution in [2.24, 2.45) is 0 Å². The van der Waals surface area contributed by atoms with Crippen LogP contribution in [0.5, 0.6) is 0 Å². The fraction of sp³-hybridized carbons (Fsp3) is 0.462. The van der Waals surface area contributed by atoms with E-state index in [1.165, 1.54) is 78.5 Å². The van der Waals surface area contributed by atoms with E-state index >= 15 is 0 Å². The molecule has 0 bridgehead atoms. The fourth-order valence-electron chi connectivity index (χ4n) is 4.03. The van der Waals surface area contributed by atoms with Gasteiger partial charge in [-0.2, -0.15) is 0 Å². The first-order valence-electron chi connectivity index (χ1n) is 10.5. The molecule has 0 saturated heterocycles. The minimum Gasteiger partial charge on any atom is -0.0654 e. The molecule has 0 aliphatic rings. The first-order chi connectivity index (χ1) is 12.6. The van der Waals surface area contributed by atoms with Gasteiger partial charge in [-0.25, -0.2) is 0 Å². The summed E-state index contributed by atoms with van der Waals surface area (Å²) in [6, 6.07) is 20.4. The van der Waals surface area contributed by atoms with Gasteiger partial charge in [0.1, 0.15) is 0 Å². The molecule has 138 valence electrons. The van der Waals surface area contributed by atoms with E-state index in [2.05, 4.69) is 75.4 Å². The van der Waals surface area contributed by atoms with Gasteiger partial charge in [-0.1, -0.05) is 108 Å². The molecule has 3 aromatic rings. The van der Waals surface area contributed by atoms with E-state index in [0.717, 1.165) is 0 Å². The Labute approximate surface area is 159 Å². The third-order valence-electron chi connectivity index (χ3n) is 5.89. The molecule has 0 spiro atoms. The second-order valence-corrected chi connectivity index (χ2v) is 8.52. The summed E-state index contributed by atoms with van der Waals surface area (Å²) in [5.41, 5.74) is 1.73. The Kier molecular flexibility index (Phi) is 6.35. The molecule has 26 heavy (non-hydrogen) atoms. The molecule has 0 fully saturated rings. The van der Waals surface area contributed by atoms with E-state index in [-0.39, 0.29) is 5.41 Å². The van der Waals surface area contributed by atoms with Crippen molar-refractivity contribution in [2.45, 2.75) is 77.6 Å². The van der Waals surface area contributed by atoms with Crippen LogP contribution in [-0.2, 0) is 5.41 Å². The zero-order valence-corrected chi connectivity index (χ0v) is 16.9. The van der Waals surface area contributed by atoms with Gasteiger partial charge in [-0.3, -0.25) is 0 Å². The quantitative estimate of drug-likeness (QED) is 0.269. The van der Waals surface area contributed by atoms with Crippen LogP contribution >= 0.6 is 0 Å². The summed E-state index contributed by atoms with van der Waals surface area (Å²) in [4.78, 5) is 0. The number of fused-ring (bicyclic) bond motifs is 2. The molecule has 0 N–H and O–H groups in total. The summed E-state index contributed by atoms with van der Waals surface area (Å²) in [5, 5.41) is 5.38. The van der Waals surface area contributed by atoms with Crippen molar-refractivity contribution in [1.82, 2.24) is 0 Å². The average Bonchev–Trinajstić information content (AvgIpc) is 2.65. The highest BCUT2D eigenvalue weighted by molar-refractivity contribution is 5.98. The average molecular weight is 347 g/mol. The lowest BCUT2D eigenvalue weighted by Gasteiger charge is -2.26. The Morgan fingerprint density at radius 2 is 1.19 bits per heavy atom. The normalized spacial score (nSPS) is 12.1. The topological polar surface area (TPSA) is 0 Å². The van der Waals surface area contributed by atoms with Crippen LogP contribution in [0.3, 0.4) is 0 Å². The van der Waals surface area contributed by atoms with Gasteiger partial charge in [0.25, 0.3) is 0 Å². The Bertz CT molecular complexity index is 841. The van der Waals surface area contributed by atoms with Gasteiger partial charge in [0, 0.05) is 0 Å². The summed E-state index contributed by atoms with van der Waals surface area (Å²) in [7, 11) is 0. The summed E-state index contributed by atoms with van der Waals surface area (Å²) in [6.07, 6.45) is 11.0. The highest BCUT2D eigenvalue weighted by atomic mass is 14.2. The first kappa shape index (κ1) is 19.0. The van der Waals surface area contributed by atoms with Crippen molar-refractivity contribution in [1.29, 1.82) is 0 Å². The Hall–Kier alpha value is -1.82. The van der Waals surface area contributed by atoms with Crippen LogP contribution in [0, 0.1) is 0 Å². The summed E-state index contributed by atoms with van der Waals surface area (Å²) >= 11 is 0. The molecule has 0 nitrogen and oxygen atoms in total. The lowest BCUT2D eigenvalue weighted by molar-refractivity contribution is 0.442. The maximum atomic E-state index is 2.42. The SMILES string of the molecule is CCCCCCCCCC(C)(C)c1ccc2cc3ccccc3cc2c1. The van der Waals surface area contributed by atoms with E-state index in [4.69, 9.17) is 0 Å². The van der Waals surface area contributed by atoms with Crippen molar-refractivity contribution in [3.8, 4) is 0 Å². The Morgan fingerprint density at radius 1 is 0.615 bits per heavy atom. The molecule has 3 aromatic carbocycles. The molecule has 0 unspecified atom stereocenters. The molecule has 0 amide bonds. The second kappa shape index (κ2) is 8.71. The van der Waals surface area contributed by atoms with E-state index < -0.39 is 0 Å². The zero-order valence-electron chi connectivity index (χ0n) is 16.9. The van der Waals surface area contributed by atoms with Crippen molar-refractivity contribution in [3.05, 3.63) is 60.2 Å². The second-order valence-electron chi connectivity index (χ2n) is 8.52. The molecule has 0 aliphatic carbocycles. The van der Waals surface area contributed by atoms with Gasteiger partial charge in [-0.15, -0.1) is 0 Å². The number of benzene rings is 3. The van der Waals surface area contributed by atoms with Crippen LogP contribution in [0.1, 0.15) is 77.7 Å². The zero-order chi connectivity index (χ0) is 18.4. The number of unbranched alkanes of at least 4 members (excludes halogenated alkanes) is 6. The summed E-state index contributed by atoms with van der Waals surface area (Å²) < 4.78 is 0. The van der Waals surface area contributed by atoms with E-state index in [0.29, 0.717) is 0 Å². The van der Waals surface area contributed by atoms with Crippen molar-refractivity contribution >= 4 is 21.5 Å². The molecule has 0 aromatic heterocycles. The summed E-state index contributed by atoms with van der Waals surface area (Å²) in [5.74, 6) is 0. The lowest BCUT2D eigenvalue weighted by Crippen LogP contribution is -2.16. The molecule has 0 radical (unpaired) electrons. The fourth-order valence-corrected chi connectivity index (χ4v) is 4.03. The van der Waals surface area contributed by atoms with Crippen LogP contribution in [0.15, 0.2) is 54.6 Å². The van der Waals surface area contributed by atoms with Gasteiger partial charge in [0.05, 0.1) is 0 Å². The molecular weight excluding hydrogens is 312 g/mol. The predicted octanol–water partition coefficient (Wildman–Crippen LogP) is 8.41. The molecule has 0 atom stereocenters. The third kappa shape index (κ3) is 4.67. The van der Waals surface area contributed by atoms with E-state index in [1.54, 1.807) is 0 Å². The van der Waals surface area contributed by atoms with Crippen molar-refractivity contribution in [3.63, 3.8) is 0 Å². The lowest BCUT2D eigenvalue weighted by atomic mass is 9.79. The van der Waals surface area contributed by atoms with Crippen LogP contribution < -0.4 is 0 Å². The number of hydrogen-bond donors (Lipinski definition) is 0. The standard InChI is InChI=1S/C26H34/c1-4-5-6-7-8-9-12-17-26(2,3)25-16-15-23-18-21-13-10-11-14-22(21)19-24(23)20-25/h10-11,13-16,18-20H,4-9,12,17H2,1-3H3. The number of hydrogen-bond acceptors (Lipinski definition) is 0. The van der Waals surface area contributed by atoms with Gasteiger partial charge in [0.2, 0.25) is 0 Å². The third-order valence-corrected chi connectivity index (χ3v) is 5.89. The smallest absolute Gasteiger partial charge is 0.0103 e. The number of rotatable bonds is 9. The molecule has 0 heteroatoms. The minimum absolute atomic E-state index is 0.253. The van der Waals surface area contributed by atoms with Crippen LogP contribution in [0.2, 0.25) is 0 Å². The maximum absolute atomic E-state index is 2.42. The van der Waals surface area contributed by atoms with Gasteiger partial charge < -0.3 is 0 Å². The Morgan fingerprint density at radius 3 is 1.88 bits per heavy atom. The molecule has 0 saturated carbocycles. The minimum atomic E-state index is 0.253. The highest BCUT2D eigenvalue weighted by Gasteiger charge is 2.20. The van der Waals surface area contributed by atoms with Crippen LogP contribution in [0.25, 0.3) is 21.5 Å². The molecular formula is C26H34. The molecule has 0 heterocycles. The molecule has 3 rings (SSSR count). The predicted molar refractivity (Wildman–Crippen MR) is 117 cm³/mol. The Balaban J connectivity index is 1.67. The van der Waals surface area contributed by atoms with Crippen molar-refractivity contribution < 1.29 is 0 Å². The van der Waals surface area contributed by atoms with Gasteiger partial charge >= 0.3 is 0 Å². The van der Waals surface area contributed by atoms with Crippen LogP contribution in [-0.4, -0.2) is 0 Å². The molecule has 0 aliphatic heterocycles. The van der Waals surface area contributed by atoms with Gasteiger partial charge in [-0.05, 0) is 51.1 Å². The largest absolute Gasteiger partial charge is 0.0654 e. The van der Waals surface area contributed by atoms with Crippen molar-refractivity contribution in [2.75, 3.05) is 0 Å². The maximum Gasteiger partial charge on any atom is -0.0103 e. The monoisotopic (exact) mass is 346 g/mol. The van der Waals surface area contributed by atoms with Gasteiger partial charge in [0.15, 0.2) is 0 Å². The van der Waals surface area contributed by atoms with Crippen LogP contribution in [0.4, 0.5) is 0 Å². The highest BCUT2D eigenvalue weighted by Crippen LogP contribution is 2.33. The van der Waals surface area contributed by atoms with E-state index in [1.807, 2.05) is 0 Å². The van der Waals surface area contributed by atoms with E-state index in [9.17, 15) is 0 Å².